The van der Waals surface area contributed by atoms with E-state index in [1.807, 2.05) is 18.4 Å². The summed E-state index contributed by atoms with van der Waals surface area (Å²) in [5.74, 6) is 3.37. The molecule has 0 saturated carbocycles. The fourth-order valence-corrected chi connectivity index (χ4v) is 6.49. The van der Waals surface area contributed by atoms with E-state index in [4.69, 9.17) is 0 Å². The van der Waals surface area contributed by atoms with Crippen LogP contribution in [-0.2, 0) is 7.05 Å². The summed E-state index contributed by atoms with van der Waals surface area (Å²) in [6.07, 6.45) is 0. The molecule has 5 rings (SSSR count). The number of aromatic nitrogens is 5. The monoisotopic (exact) mass is 605 g/mol. The van der Waals surface area contributed by atoms with Gasteiger partial charge in [-0.1, -0.05) is 107 Å². The van der Waals surface area contributed by atoms with Crippen molar-refractivity contribution in [2.24, 2.45) is 7.05 Å². The van der Waals surface area contributed by atoms with Crippen LogP contribution in [0.1, 0.15) is 151 Å². The summed E-state index contributed by atoms with van der Waals surface area (Å²) in [7, 11) is 1.88. The molecular weight excluding hydrogens is 555 g/mol. The van der Waals surface area contributed by atoms with Gasteiger partial charge in [-0.05, 0) is 69.9 Å². The Balaban J connectivity index is 0.000000176. The van der Waals surface area contributed by atoms with E-state index in [0.29, 0.717) is 35.5 Å². The molecule has 0 amide bonds. The minimum absolute atomic E-state index is 0.486. The summed E-state index contributed by atoms with van der Waals surface area (Å²) in [6, 6.07) is 13.3. The molecule has 5 nitrogen and oxygen atoms in total. The van der Waals surface area contributed by atoms with Gasteiger partial charge in [-0.2, -0.15) is 23.7 Å². The number of fused-ring (bicyclic) bond motifs is 2. The van der Waals surface area contributed by atoms with Crippen LogP contribution in [0.2, 0.25) is 0 Å². The Morgan fingerprint density at radius 2 is 0.762 bits per heavy atom. The van der Waals surface area contributed by atoms with E-state index in [1.165, 1.54) is 43.7 Å². The molecule has 0 fully saturated rings. The van der Waals surface area contributed by atoms with Crippen molar-refractivity contribution in [3.8, 4) is 0 Å². The number of hydrogen-bond acceptors (Lipinski definition) is 6. The third-order valence-corrected chi connectivity index (χ3v) is 9.67. The lowest BCUT2D eigenvalue weighted by Gasteiger charge is -2.10. The normalized spacial score (nSPS) is 11.8. The predicted octanol–water partition coefficient (Wildman–Crippen LogP) is 11.1. The molecule has 0 spiro atoms. The second-order valence-electron chi connectivity index (χ2n) is 13.0. The first-order valence-electron chi connectivity index (χ1n) is 15.4. The topological polar surface area (TPSA) is 56.5 Å². The van der Waals surface area contributed by atoms with Gasteiger partial charge in [0, 0.05) is 16.8 Å². The van der Waals surface area contributed by atoms with Gasteiger partial charge in [0.15, 0.2) is 0 Å². The zero-order chi connectivity index (χ0) is 31.3. The van der Waals surface area contributed by atoms with Gasteiger partial charge in [0.05, 0.1) is 11.7 Å². The van der Waals surface area contributed by atoms with Crippen LogP contribution in [0, 0.1) is 0 Å². The molecule has 0 saturated heterocycles. The van der Waals surface area contributed by atoms with Crippen molar-refractivity contribution >= 4 is 45.1 Å². The van der Waals surface area contributed by atoms with E-state index in [1.54, 1.807) is 4.80 Å². The summed E-state index contributed by atoms with van der Waals surface area (Å²) in [5.41, 5.74) is 9.50. The summed E-state index contributed by atoms with van der Waals surface area (Å²) in [6.45, 7) is 26.5. The van der Waals surface area contributed by atoms with E-state index >= 15 is 0 Å². The summed E-state index contributed by atoms with van der Waals surface area (Å²) >= 11 is 3.27. The highest BCUT2D eigenvalue weighted by Crippen LogP contribution is 2.31. The first-order chi connectivity index (χ1) is 19.7. The first kappa shape index (κ1) is 33.9. The quantitative estimate of drug-likeness (QED) is 0.193. The maximum Gasteiger partial charge on any atom is 0.116 e. The standard InChI is InChI=1S/C13H19N3.C12H16N2S.C10H16S/c1-8(2)10-6-7-11(9(3)4)13-12(10)14-16(5)15-13;1-7(2)9-5-6-10(8(3)4)12-11(9)13-15-14-12;1-7(2)9-5-6-10(11-9)8(3)4/h6-9H,1-5H3;5-8H,1-4H3;5-8H,1-4H3. The summed E-state index contributed by atoms with van der Waals surface area (Å²) in [5, 5.41) is 8.97. The van der Waals surface area contributed by atoms with Gasteiger partial charge in [-0.15, -0.1) is 11.3 Å². The third kappa shape index (κ3) is 8.04. The second kappa shape index (κ2) is 14.7. The van der Waals surface area contributed by atoms with Gasteiger partial charge < -0.3 is 0 Å². The Hall–Kier alpha value is -2.64. The molecule has 2 aromatic carbocycles. The van der Waals surface area contributed by atoms with Crippen molar-refractivity contribution in [3.05, 3.63) is 68.4 Å². The molecule has 0 unspecified atom stereocenters. The molecule has 0 aliphatic carbocycles. The fourth-order valence-electron chi connectivity index (χ4n) is 4.89. The maximum atomic E-state index is 4.48. The van der Waals surface area contributed by atoms with E-state index in [-0.39, 0.29) is 0 Å². The zero-order valence-electron chi connectivity index (χ0n) is 28.0. The van der Waals surface area contributed by atoms with Gasteiger partial charge in [0.1, 0.15) is 22.1 Å². The van der Waals surface area contributed by atoms with Gasteiger partial charge in [0.25, 0.3) is 0 Å². The van der Waals surface area contributed by atoms with Crippen LogP contribution < -0.4 is 0 Å². The van der Waals surface area contributed by atoms with Crippen molar-refractivity contribution in [2.45, 2.75) is 119 Å². The fraction of sp³-hybridized carbons (Fsp3) is 0.543. The van der Waals surface area contributed by atoms with E-state index in [2.05, 4.69) is 138 Å². The minimum atomic E-state index is 0.486. The van der Waals surface area contributed by atoms with Crippen molar-refractivity contribution in [1.82, 2.24) is 23.7 Å². The number of hydrogen-bond donors (Lipinski definition) is 0. The van der Waals surface area contributed by atoms with Crippen LogP contribution in [-0.4, -0.2) is 23.7 Å². The Labute approximate surface area is 262 Å². The average Bonchev–Trinajstić information content (AvgIpc) is 3.66. The number of nitrogens with zero attached hydrogens (tertiary/aromatic N) is 5. The molecule has 228 valence electrons. The molecule has 3 heterocycles. The lowest BCUT2D eigenvalue weighted by Crippen LogP contribution is -1.94. The zero-order valence-corrected chi connectivity index (χ0v) is 29.6. The lowest BCUT2D eigenvalue weighted by molar-refractivity contribution is 0.663. The van der Waals surface area contributed by atoms with E-state index in [9.17, 15) is 0 Å². The molecule has 0 N–H and O–H groups in total. The Morgan fingerprint density at radius 1 is 0.452 bits per heavy atom. The van der Waals surface area contributed by atoms with Gasteiger partial charge in [0.2, 0.25) is 0 Å². The minimum Gasteiger partial charge on any atom is -0.187 e. The molecular formula is C35H51N5S2. The number of thiophene rings is 1. The smallest absolute Gasteiger partial charge is 0.116 e. The molecule has 0 bridgehead atoms. The molecule has 5 aromatic rings. The second-order valence-corrected chi connectivity index (χ2v) is 14.7. The van der Waals surface area contributed by atoms with E-state index < -0.39 is 0 Å². The SMILES string of the molecule is CC(C)c1ccc(C(C)C)c2nn(C)nc12.CC(C)c1ccc(C(C)C)c2nsnc12.CC(C)c1ccc(C(C)C)s1. The van der Waals surface area contributed by atoms with Gasteiger partial charge >= 0.3 is 0 Å². The van der Waals surface area contributed by atoms with Crippen LogP contribution in [0.15, 0.2) is 36.4 Å². The van der Waals surface area contributed by atoms with E-state index in [0.717, 1.165) is 22.1 Å². The highest BCUT2D eigenvalue weighted by Gasteiger charge is 2.16. The van der Waals surface area contributed by atoms with Gasteiger partial charge in [-0.3, -0.25) is 0 Å². The Kier molecular flexibility index (Phi) is 11.8. The number of benzene rings is 2. The molecule has 3 aromatic heterocycles. The van der Waals surface area contributed by atoms with Crippen LogP contribution in [0.5, 0.6) is 0 Å². The summed E-state index contributed by atoms with van der Waals surface area (Å²) < 4.78 is 8.83. The predicted molar refractivity (Wildman–Crippen MR) is 185 cm³/mol. The van der Waals surface area contributed by atoms with Crippen molar-refractivity contribution in [3.63, 3.8) is 0 Å². The first-order valence-corrected chi connectivity index (χ1v) is 17.0. The Morgan fingerprint density at radius 3 is 1.02 bits per heavy atom. The van der Waals surface area contributed by atoms with Crippen LogP contribution in [0.3, 0.4) is 0 Å². The number of aryl methyl sites for hydroxylation is 1. The van der Waals surface area contributed by atoms with Crippen LogP contribution >= 0.6 is 23.1 Å². The highest BCUT2D eigenvalue weighted by atomic mass is 32.1. The molecule has 0 atom stereocenters. The molecule has 7 heteroatoms. The highest BCUT2D eigenvalue weighted by molar-refractivity contribution is 7.12. The largest absolute Gasteiger partial charge is 0.187 e. The van der Waals surface area contributed by atoms with Crippen LogP contribution in [0.4, 0.5) is 0 Å². The lowest BCUT2D eigenvalue weighted by atomic mass is 9.95. The summed E-state index contributed by atoms with van der Waals surface area (Å²) in [4.78, 5) is 4.69. The Bertz CT molecular complexity index is 1460. The van der Waals surface area contributed by atoms with Gasteiger partial charge in [-0.25, -0.2) is 0 Å². The van der Waals surface area contributed by atoms with Crippen molar-refractivity contribution < 1.29 is 0 Å². The molecule has 0 aliphatic rings. The van der Waals surface area contributed by atoms with Crippen molar-refractivity contribution in [2.75, 3.05) is 0 Å². The maximum absolute atomic E-state index is 4.48. The average molecular weight is 606 g/mol. The third-order valence-electron chi connectivity index (χ3n) is 7.45. The van der Waals surface area contributed by atoms with Crippen molar-refractivity contribution in [1.29, 1.82) is 0 Å². The number of rotatable bonds is 6. The molecule has 42 heavy (non-hydrogen) atoms. The van der Waals surface area contributed by atoms with Crippen LogP contribution in [0.25, 0.3) is 22.1 Å². The molecule has 0 aliphatic heterocycles. The molecule has 0 radical (unpaired) electrons.